The minimum atomic E-state index is -0.367. The maximum atomic E-state index is 13.4. The van der Waals surface area contributed by atoms with Gasteiger partial charge in [-0.05, 0) is 36.5 Å². The molecule has 4 heteroatoms. The molecule has 0 saturated carbocycles. The molecular formula is C11H14FNOS. The number of hydrogen-bond acceptors (Lipinski definition) is 3. The van der Waals surface area contributed by atoms with E-state index in [-0.39, 0.29) is 11.9 Å². The van der Waals surface area contributed by atoms with E-state index in [1.165, 1.54) is 6.07 Å². The number of halogens is 1. The van der Waals surface area contributed by atoms with Crippen molar-refractivity contribution in [1.82, 2.24) is 0 Å². The Morgan fingerprint density at radius 3 is 2.73 bits per heavy atom. The van der Waals surface area contributed by atoms with Gasteiger partial charge in [-0.25, -0.2) is 4.39 Å². The predicted octanol–water partition coefficient (Wildman–Crippen LogP) is 2.68. The summed E-state index contributed by atoms with van der Waals surface area (Å²) in [6, 6.07) is 4.56. The van der Waals surface area contributed by atoms with Crippen molar-refractivity contribution in [2.45, 2.75) is 18.9 Å². The summed E-state index contributed by atoms with van der Waals surface area (Å²) in [5.74, 6) is 2.15. The predicted molar refractivity (Wildman–Crippen MR) is 61.8 cm³/mol. The van der Waals surface area contributed by atoms with E-state index >= 15 is 0 Å². The Labute approximate surface area is 93.0 Å². The van der Waals surface area contributed by atoms with Crippen LogP contribution in [0.2, 0.25) is 0 Å². The molecule has 2 N–H and O–H groups in total. The molecule has 1 aliphatic rings. The fourth-order valence-corrected chi connectivity index (χ4v) is 2.65. The van der Waals surface area contributed by atoms with Gasteiger partial charge in [-0.15, -0.1) is 0 Å². The number of benzene rings is 1. The van der Waals surface area contributed by atoms with Gasteiger partial charge in [-0.1, -0.05) is 0 Å². The van der Waals surface area contributed by atoms with Gasteiger partial charge >= 0.3 is 0 Å². The lowest BCUT2D eigenvalue weighted by Crippen LogP contribution is -2.22. The molecule has 0 bridgehead atoms. The molecule has 1 aromatic carbocycles. The highest BCUT2D eigenvalue weighted by Crippen LogP contribution is 2.25. The van der Waals surface area contributed by atoms with Crippen LogP contribution in [0.25, 0.3) is 0 Å². The molecule has 1 heterocycles. The third kappa shape index (κ3) is 2.78. The van der Waals surface area contributed by atoms with Crippen LogP contribution in [0.5, 0.6) is 5.75 Å². The number of nitrogens with two attached hydrogens (primary N) is 1. The zero-order valence-corrected chi connectivity index (χ0v) is 9.23. The monoisotopic (exact) mass is 227 g/mol. The first kappa shape index (κ1) is 10.6. The van der Waals surface area contributed by atoms with Crippen LogP contribution in [0.4, 0.5) is 10.1 Å². The number of anilines is 1. The first-order valence-corrected chi connectivity index (χ1v) is 6.20. The topological polar surface area (TPSA) is 35.2 Å². The average Bonchev–Trinajstić information content (AvgIpc) is 2.24. The van der Waals surface area contributed by atoms with Crippen LogP contribution < -0.4 is 10.5 Å². The summed E-state index contributed by atoms with van der Waals surface area (Å²) in [5.41, 5.74) is 5.89. The zero-order valence-electron chi connectivity index (χ0n) is 8.41. The quantitative estimate of drug-likeness (QED) is 0.789. The van der Waals surface area contributed by atoms with Crippen molar-refractivity contribution in [1.29, 1.82) is 0 Å². The lowest BCUT2D eigenvalue weighted by molar-refractivity contribution is 0.184. The van der Waals surface area contributed by atoms with Gasteiger partial charge in [0.05, 0.1) is 0 Å². The van der Waals surface area contributed by atoms with Crippen LogP contribution in [0.3, 0.4) is 0 Å². The summed E-state index contributed by atoms with van der Waals surface area (Å²) in [5, 5.41) is 0. The Kier molecular flexibility index (Phi) is 3.36. The molecule has 15 heavy (non-hydrogen) atoms. The highest BCUT2D eigenvalue weighted by Gasteiger charge is 2.16. The molecule has 1 aromatic rings. The number of ether oxygens (including phenoxy) is 1. The smallest absolute Gasteiger partial charge is 0.167 e. The van der Waals surface area contributed by atoms with E-state index in [1.54, 1.807) is 12.1 Å². The Bertz CT molecular complexity index is 339. The lowest BCUT2D eigenvalue weighted by atomic mass is 10.2. The van der Waals surface area contributed by atoms with E-state index in [1.807, 2.05) is 11.8 Å². The SMILES string of the molecule is Nc1ccc(OC2CCSCC2)c(F)c1. The second-order valence-electron chi connectivity index (χ2n) is 3.62. The lowest BCUT2D eigenvalue weighted by Gasteiger charge is -2.22. The molecule has 0 aliphatic carbocycles. The molecule has 1 aliphatic heterocycles. The van der Waals surface area contributed by atoms with Gasteiger partial charge in [0.15, 0.2) is 11.6 Å². The number of rotatable bonds is 2. The first-order valence-electron chi connectivity index (χ1n) is 5.05. The zero-order chi connectivity index (χ0) is 10.7. The van der Waals surface area contributed by atoms with Crippen LogP contribution in [-0.2, 0) is 0 Å². The molecular weight excluding hydrogens is 213 g/mol. The maximum Gasteiger partial charge on any atom is 0.167 e. The van der Waals surface area contributed by atoms with E-state index < -0.39 is 0 Å². The van der Waals surface area contributed by atoms with Gasteiger partial charge in [0, 0.05) is 11.8 Å². The third-order valence-electron chi connectivity index (χ3n) is 2.42. The summed E-state index contributed by atoms with van der Waals surface area (Å²) in [6.45, 7) is 0. The molecule has 0 atom stereocenters. The minimum absolute atomic E-state index is 0.157. The van der Waals surface area contributed by atoms with Crippen molar-refractivity contribution < 1.29 is 9.13 Å². The normalized spacial score (nSPS) is 17.7. The molecule has 2 rings (SSSR count). The Morgan fingerprint density at radius 2 is 2.07 bits per heavy atom. The van der Waals surface area contributed by atoms with Crippen molar-refractivity contribution >= 4 is 17.4 Å². The second-order valence-corrected chi connectivity index (χ2v) is 4.84. The summed E-state index contributed by atoms with van der Waals surface area (Å²) < 4.78 is 19.0. The molecule has 1 fully saturated rings. The number of thioether (sulfide) groups is 1. The molecule has 0 unspecified atom stereocenters. The highest BCUT2D eigenvalue weighted by atomic mass is 32.2. The van der Waals surface area contributed by atoms with Gasteiger partial charge < -0.3 is 10.5 Å². The minimum Gasteiger partial charge on any atom is -0.487 e. The van der Waals surface area contributed by atoms with Gasteiger partial charge in [-0.3, -0.25) is 0 Å². The van der Waals surface area contributed by atoms with Crippen LogP contribution in [0, 0.1) is 5.82 Å². The fourth-order valence-electron chi connectivity index (χ4n) is 1.59. The van der Waals surface area contributed by atoms with E-state index in [4.69, 9.17) is 10.5 Å². The highest BCUT2D eigenvalue weighted by molar-refractivity contribution is 7.99. The fraction of sp³-hybridized carbons (Fsp3) is 0.455. The van der Waals surface area contributed by atoms with Gasteiger partial charge in [-0.2, -0.15) is 11.8 Å². The van der Waals surface area contributed by atoms with Gasteiger partial charge in [0.1, 0.15) is 6.10 Å². The van der Waals surface area contributed by atoms with Crippen molar-refractivity contribution in [2.75, 3.05) is 17.2 Å². The van der Waals surface area contributed by atoms with Crippen molar-refractivity contribution in [3.63, 3.8) is 0 Å². The Balaban J connectivity index is 2.03. The number of nitrogen functional groups attached to an aromatic ring is 1. The van der Waals surface area contributed by atoms with E-state index in [0.29, 0.717) is 11.4 Å². The van der Waals surface area contributed by atoms with Crippen LogP contribution in [-0.4, -0.2) is 17.6 Å². The van der Waals surface area contributed by atoms with Gasteiger partial charge in [0.25, 0.3) is 0 Å². The standard InChI is InChI=1S/C11H14FNOS/c12-10-7-8(13)1-2-11(10)14-9-3-5-15-6-4-9/h1-2,7,9H,3-6,13H2. The van der Waals surface area contributed by atoms with Crippen LogP contribution >= 0.6 is 11.8 Å². The molecule has 0 amide bonds. The maximum absolute atomic E-state index is 13.4. The molecule has 2 nitrogen and oxygen atoms in total. The van der Waals surface area contributed by atoms with Crippen LogP contribution in [0.1, 0.15) is 12.8 Å². The van der Waals surface area contributed by atoms with E-state index in [0.717, 1.165) is 24.3 Å². The molecule has 0 radical (unpaired) electrons. The van der Waals surface area contributed by atoms with E-state index in [9.17, 15) is 4.39 Å². The molecule has 82 valence electrons. The summed E-state index contributed by atoms with van der Waals surface area (Å²) >= 11 is 1.92. The van der Waals surface area contributed by atoms with Crippen molar-refractivity contribution in [2.24, 2.45) is 0 Å². The van der Waals surface area contributed by atoms with Gasteiger partial charge in [0.2, 0.25) is 0 Å². The summed E-state index contributed by atoms with van der Waals surface area (Å²) in [4.78, 5) is 0. The third-order valence-corrected chi connectivity index (χ3v) is 3.47. The Morgan fingerprint density at radius 1 is 1.33 bits per heavy atom. The second kappa shape index (κ2) is 4.75. The molecule has 1 saturated heterocycles. The average molecular weight is 227 g/mol. The summed E-state index contributed by atoms with van der Waals surface area (Å²) in [7, 11) is 0. The first-order chi connectivity index (χ1) is 7.25. The largest absolute Gasteiger partial charge is 0.487 e. The molecule has 0 spiro atoms. The van der Waals surface area contributed by atoms with Crippen LogP contribution in [0.15, 0.2) is 18.2 Å². The Hall–Kier alpha value is -0.900. The molecule has 0 aromatic heterocycles. The van der Waals surface area contributed by atoms with Crippen molar-refractivity contribution in [3.8, 4) is 5.75 Å². The van der Waals surface area contributed by atoms with E-state index in [2.05, 4.69) is 0 Å². The number of hydrogen-bond donors (Lipinski definition) is 1. The van der Waals surface area contributed by atoms with Crippen molar-refractivity contribution in [3.05, 3.63) is 24.0 Å². The summed E-state index contributed by atoms with van der Waals surface area (Å²) in [6.07, 6.45) is 2.15.